The maximum atomic E-state index is 12.2. The molecule has 106 valence electrons. The lowest BCUT2D eigenvalue weighted by molar-refractivity contribution is -0.139. The highest BCUT2D eigenvalue weighted by Crippen LogP contribution is 2.29. The second kappa shape index (κ2) is 6.16. The van der Waals surface area contributed by atoms with Crippen molar-refractivity contribution in [1.82, 2.24) is 4.31 Å². The van der Waals surface area contributed by atoms with Gasteiger partial charge in [-0.25, -0.2) is 12.7 Å². The molecule has 1 aromatic rings. The van der Waals surface area contributed by atoms with Gasteiger partial charge in [0.25, 0.3) is 0 Å². The van der Waals surface area contributed by atoms with Crippen LogP contribution in [0.25, 0.3) is 0 Å². The number of hydrogen-bond donors (Lipinski definition) is 1. The van der Waals surface area contributed by atoms with Crippen molar-refractivity contribution in [1.29, 1.82) is 0 Å². The fourth-order valence-electron chi connectivity index (χ4n) is 1.90. The Morgan fingerprint density at radius 3 is 2.37 bits per heavy atom. The third kappa shape index (κ3) is 3.33. The number of carboxylic acid groups (broad SMARTS) is 1. The van der Waals surface area contributed by atoms with Crippen LogP contribution in [0, 0.1) is 0 Å². The Bertz CT molecular complexity index is 552. The fraction of sp³-hybridized carbons (Fsp3) is 0.462. The smallest absolute Gasteiger partial charge is 0.311 e. The molecule has 6 heteroatoms. The molecule has 0 aromatic heterocycles. The SMILES string of the molecule is CCCC(C(=O)O)c1ccccc1S(=O)(=O)N(C)C. The first-order valence-corrected chi connectivity index (χ1v) is 7.50. The molecular weight excluding hydrogens is 266 g/mol. The van der Waals surface area contributed by atoms with Gasteiger partial charge in [-0.1, -0.05) is 31.5 Å². The molecule has 0 radical (unpaired) electrons. The van der Waals surface area contributed by atoms with E-state index in [2.05, 4.69) is 0 Å². The summed E-state index contributed by atoms with van der Waals surface area (Å²) in [5, 5.41) is 9.28. The van der Waals surface area contributed by atoms with Crippen molar-refractivity contribution in [2.24, 2.45) is 0 Å². The Morgan fingerprint density at radius 1 is 1.32 bits per heavy atom. The molecule has 1 atom stereocenters. The second-order valence-corrected chi connectivity index (χ2v) is 6.63. The largest absolute Gasteiger partial charge is 0.481 e. The van der Waals surface area contributed by atoms with Gasteiger partial charge in [0, 0.05) is 14.1 Å². The van der Waals surface area contributed by atoms with Crippen LogP contribution in [-0.4, -0.2) is 37.9 Å². The van der Waals surface area contributed by atoms with Gasteiger partial charge in [-0.05, 0) is 18.1 Å². The van der Waals surface area contributed by atoms with Crippen LogP contribution in [-0.2, 0) is 14.8 Å². The molecule has 1 rings (SSSR count). The molecule has 0 heterocycles. The normalized spacial score (nSPS) is 13.5. The lowest BCUT2D eigenvalue weighted by atomic mass is 9.95. The quantitative estimate of drug-likeness (QED) is 0.866. The summed E-state index contributed by atoms with van der Waals surface area (Å²) in [6.45, 7) is 1.87. The van der Waals surface area contributed by atoms with Crippen LogP contribution in [0.5, 0.6) is 0 Å². The third-order valence-electron chi connectivity index (χ3n) is 2.93. The summed E-state index contributed by atoms with van der Waals surface area (Å²) < 4.78 is 25.5. The highest BCUT2D eigenvalue weighted by atomic mass is 32.2. The highest BCUT2D eigenvalue weighted by Gasteiger charge is 2.28. The van der Waals surface area contributed by atoms with Crippen molar-refractivity contribution < 1.29 is 18.3 Å². The van der Waals surface area contributed by atoms with E-state index in [9.17, 15) is 18.3 Å². The minimum absolute atomic E-state index is 0.0702. The predicted molar refractivity (Wildman–Crippen MR) is 72.6 cm³/mol. The predicted octanol–water partition coefficient (Wildman–Crippen LogP) is 1.91. The first kappa shape index (κ1) is 15.7. The molecule has 0 aliphatic heterocycles. The summed E-state index contributed by atoms with van der Waals surface area (Å²) in [5.41, 5.74) is 0.352. The number of carboxylic acids is 1. The van der Waals surface area contributed by atoms with Crippen LogP contribution in [0.3, 0.4) is 0 Å². The molecule has 0 aliphatic carbocycles. The molecule has 0 saturated heterocycles. The first-order chi connectivity index (χ1) is 8.82. The molecule has 1 unspecified atom stereocenters. The average Bonchev–Trinajstić information content (AvgIpc) is 2.35. The molecular formula is C13H19NO4S. The van der Waals surface area contributed by atoms with Crippen molar-refractivity contribution in [3.05, 3.63) is 29.8 Å². The van der Waals surface area contributed by atoms with Crippen LogP contribution in [0.4, 0.5) is 0 Å². The summed E-state index contributed by atoms with van der Waals surface area (Å²) in [6.07, 6.45) is 1.09. The van der Waals surface area contributed by atoms with Crippen LogP contribution in [0.15, 0.2) is 29.2 Å². The summed E-state index contributed by atoms with van der Waals surface area (Å²) in [6, 6.07) is 6.29. The second-order valence-electron chi connectivity index (χ2n) is 4.50. The minimum atomic E-state index is -3.63. The lowest BCUT2D eigenvalue weighted by Gasteiger charge is -2.19. The zero-order chi connectivity index (χ0) is 14.6. The number of rotatable bonds is 6. The van der Waals surface area contributed by atoms with E-state index in [-0.39, 0.29) is 4.90 Å². The molecule has 1 aromatic carbocycles. The minimum Gasteiger partial charge on any atom is -0.481 e. The van der Waals surface area contributed by atoms with Gasteiger partial charge in [0.1, 0.15) is 0 Å². The van der Waals surface area contributed by atoms with E-state index < -0.39 is 21.9 Å². The van der Waals surface area contributed by atoms with E-state index >= 15 is 0 Å². The van der Waals surface area contributed by atoms with Crippen molar-refractivity contribution in [2.75, 3.05) is 14.1 Å². The molecule has 0 saturated carbocycles. The van der Waals surface area contributed by atoms with Crippen LogP contribution >= 0.6 is 0 Å². The molecule has 0 fully saturated rings. The maximum Gasteiger partial charge on any atom is 0.311 e. The van der Waals surface area contributed by atoms with Gasteiger partial charge in [0.2, 0.25) is 10.0 Å². The number of sulfonamides is 1. The Morgan fingerprint density at radius 2 is 1.89 bits per heavy atom. The topological polar surface area (TPSA) is 74.7 Å². The van der Waals surface area contributed by atoms with Crippen LogP contribution in [0.1, 0.15) is 31.2 Å². The van der Waals surface area contributed by atoms with E-state index in [1.165, 1.54) is 20.2 Å². The van der Waals surface area contributed by atoms with Gasteiger partial charge in [-0.15, -0.1) is 0 Å². The van der Waals surface area contributed by atoms with E-state index in [4.69, 9.17) is 0 Å². The monoisotopic (exact) mass is 285 g/mol. The Kier molecular flexibility index (Phi) is 5.08. The van der Waals surface area contributed by atoms with Crippen LogP contribution < -0.4 is 0 Å². The standard InChI is InChI=1S/C13H19NO4S/c1-4-7-11(13(15)16)10-8-5-6-9-12(10)19(17,18)14(2)3/h5-6,8-9,11H,4,7H2,1-3H3,(H,15,16). The number of carbonyl (C=O) groups is 1. The number of hydrogen-bond acceptors (Lipinski definition) is 3. The lowest BCUT2D eigenvalue weighted by Crippen LogP contribution is -2.25. The average molecular weight is 285 g/mol. The Labute approximate surface area is 113 Å². The molecule has 1 N–H and O–H groups in total. The van der Waals surface area contributed by atoms with E-state index in [0.29, 0.717) is 18.4 Å². The van der Waals surface area contributed by atoms with Gasteiger partial charge >= 0.3 is 5.97 Å². The van der Waals surface area contributed by atoms with Gasteiger partial charge in [0.15, 0.2) is 0 Å². The van der Waals surface area contributed by atoms with Gasteiger partial charge < -0.3 is 5.11 Å². The number of benzene rings is 1. The highest BCUT2D eigenvalue weighted by molar-refractivity contribution is 7.89. The van der Waals surface area contributed by atoms with Crippen LogP contribution in [0.2, 0.25) is 0 Å². The van der Waals surface area contributed by atoms with Gasteiger partial charge in [-0.3, -0.25) is 4.79 Å². The fourth-order valence-corrected chi connectivity index (χ4v) is 3.05. The molecule has 0 amide bonds. The maximum absolute atomic E-state index is 12.2. The summed E-state index contributed by atoms with van der Waals surface area (Å²) >= 11 is 0. The molecule has 0 spiro atoms. The molecule has 0 bridgehead atoms. The Balaban J connectivity index is 3.41. The third-order valence-corrected chi connectivity index (χ3v) is 4.82. The molecule has 5 nitrogen and oxygen atoms in total. The van der Waals surface area contributed by atoms with Gasteiger partial charge in [-0.2, -0.15) is 0 Å². The van der Waals surface area contributed by atoms with Gasteiger partial charge in [0.05, 0.1) is 10.8 Å². The summed E-state index contributed by atoms with van der Waals surface area (Å²) in [4.78, 5) is 11.4. The number of nitrogens with zero attached hydrogens (tertiary/aromatic N) is 1. The van der Waals surface area contributed by atoms with E-state index in [0.717, 1.165) is 4.31 Å². The zero-order valence-corrected chi connectivity index (χ0v) is 12.1. The van der Waals surface area contributed by atoms with Crippen molar-refractivity contribution >= 4 is 16.0 Å². The van der Waals surface area contributed by atoms with Crippen molar-refractivity contribution in [3.8, 4) is 0 Å². The van der Waals surface area contributed by atoms with E-state index in [1.807, 2.05) is 6.92 Å². The molecule has 0 aliphatic rings. The Hall–Kier alpha value is -1.40. The zero-order valence-electron chi connectivity index (χ0n) is 11.3. The van der Waals surface area contributed by atoms with Crippen molar-refractivity contribution in [3.63, 3.8) is 0 Å². The van der Waals surface area contributed by atoms with Crippen molar-refractivity contribution in [2.45, 2.75) is 30.6 Å². The first-order valence-electron chi connectivity index (χ1n) is 6.06. The summed E-state index contributed by atoms with van der Waals surface area (Å²) in [7, 11) is -0.770. The molecule has 19 heavy (non-hydrogen) atoms. The summed E-state index contributed by atoms with van der Waals surface area (Å²) in [5.74, 6) is -1.79. The van der Waals surface area contributed by atoms with E-state index in [1.54, 1.807) is 18.2 Å². The number of aliphatic carboxylic acids is 1.